The third kappa shape index (κ3) is 8.34. The lowest BCUT2D eigenvalue weighted by atomic mass is 9.75. The van der Waals surface area contributed by atoms with Gasteiger partial charge in [-0.15, -0.1) is 0 Å². The number of aliphatic imine (C=N–C) groups is 1. The average Bonchev–Trinajstić information content (AvgIpc) is 3.06. The molecule has 0 aromatic heterocycles. The van der Waals surface area contributed by atoms with Gasteiger partial charge in [0.2, 0.25) is 5.91 Å². The van der Waals surface area contributed by atoms with Gasteiger partial charge in [0.1, 0.15) is 5.60 Å². The molecule has 3 aromatic carbocycles. The Balaban J connectivity index is 1.37. The number of piperazine rings is 1. The first-order valence-corrected chi connectivity index (χ1v) is 16.9. The SMILES string of the molecule is CC1=NC(C)=C(C(=O)OCCC(c2ccccc2)c2ccccc2)C(c2cccc(Cl)c2)C1C(=O)N1CCN(C(=O)OC(C)(C)C)CC1. The van der Waals surface area contributed by atoms with Crippen molar-refractivity contribution in [2.24, 2.45) is 10.9 Å². The predicted molar refractivity (Wildman–Crippen MR) is 188 cm³/mol. The van der Waals surface area contributed by atoms with E-state index in [1.165, 1.54) is 0 Å². The fourth-order valence-electron chi connectivity index (χ4n) is 6.56. The molecule has 0 saturated carbocycles. The van der Waals surface area contributed by atoms with Gasteiger partial charge >= 0.3 is 12.1 Å². The third-order valence-corrected chi connectivity index (χ3v) is 9.04. The van der Waals surface area contributed by atoms with Gasteiger partial charge in [-0.1, -0.05) is 84.4 Å². The molecule has 0 bridgehead atoms. The highest BCUT2D eigenvalue weighted by Crippen LogP contribution is 2.41. The lowest BCUT2D eigenvalue weighted by Crippen LogP contribution is -2.54. The van der Waals surface area contributed by atoms with Gasteiger partial charge in [-0.25, -0.2) is 9.59 Å². The van der Waals surface area contributed by atoms with Gasteiger partial charge in [-0.05, 0) is 69.9 Å². The summed E-state index contributed by atoms with van der Waals surface area (Å²) in [7, 11) is 0. The van der Waals surface area contributed by atoms with Crippen molar-refractivity contribution >= 4 is 35.3 Å². The van der Waals surface area contributed by atoms with Crippen molar-refractivity contribution in [3.05, 3.63) is 118 Å². The summed E-state index contributed by atoms with van der Waals surface area (Å²) in [6.07, 6.45) is 0.188. The molecule has 0 spiro atoms. The molecule has 5 rings (SSSR count). The minimum Gasteiger partial charge on any atom is -0.462 e. The summed E-state index contributed by atoms with van der Waals surface area (Å²) in [6.45, 7) is 10.7. The van der Waals surface area contributed by atoms with Gasteiger partial charge in [-0.3, -0.25) is 9.79 Å². The van der Waals surface area contributed by atoms with Crippen LogP contribution in [0.1, 0.15) is 69.6 Å². The minimum absolute atomic E-state index is 0.0410. The Morgan fingerprint density at radius 1 is 0.854 bits per heavy atom. The standard InChI is InChI=1S/C39H44ClN3O5/c1-26-33(36(44)42-20-22-43(23-21-42)38(46)48-39(3,4)5)35(30-17-12-18-31(40)25-30)34(27(2)41-26)37(45)47-24-19-32(28-13-8-6-9-14-28)29-15-10-7-11-16-29/h6-18,25,32-33,35H,19-24H2,1-5H3. The molecule has 3 aromatic rings. The van der Waals surface area contributed by atoms with Crippen molar-refractivity contribution in [3.8, 4) is 0 Å². The molecule has 8 nitrogen and oxygen atoms in total. The van der Waals surface area contributed by atoms with E-state index in [0.29, 0.717) is 54.6 Å². The Labute approximate surface area is 288 Å². The monoisotopic (exact) mass is 669 g/mol. The molecule has 1 saturated heterocycles. The number of rotatable bonds is 8. The molecule has 2 amide bonds. The van der Waals surface area contributed by atoms with E-state index in [1.54, 1.807) is 28.9 Å². The molecule has 0 radical (unpaired) electrons. The Morgan fingerprint density at radius 3 is 2.00 bits per heavy atom. The number of ether oxygens (including phenoxy) is 2. The number of hydrogen-bond acceptors (Lipinski definition) is 6. The van der Waals surface area contributed by atoms with E-state index in [-0.39, 0.29) is 18.4 Å². The Hall–Kier alpha value is -4.43. The van der Waals surface area contributed by atoms with Crippen molar-refractivity contribution in [3.63, 3.8) is 0 Å². The van der Waals surface area contributed by atoms with Gasteiger partial charge in [0, 0.05) is 54.4 Å². The van der Waals surface area contributed by atoms with Gasteiger partial charge in [0.15, 0.2) is 0 Å². The summed E-state index contributed by atoms with van der Waals surface area (Å²) in [5.41, 5.74) is 3.89. The van der Waals surface area contributed by atoms with Crippen LogP contribution < -0.4 is 0 Å². The van der Waals surface area contributed by atoms with E-state index in [0.717, 1.165) is 16.7 Å². The van der Waals surface area contributed by atoms with Crippen molar-refractivity contribution in [1.29, 1.82) is 0 Å². The molecule has 2 atom stereocenters. The van der Waals surface area contributed by atoms with Crippen LogP contribution in [0.15, 0.2) is 101 Å². The maximum atomic E-state index is 14.3. The predicted octanol–water partition coefficient (Wildman–Crippen LogP) is 7.63. The van der Waals surface area contributed by atoms with Gasteiger partial charge in [0.05, 0.1) is 18.1 Å². The summed E-state index contributed by atoms with van der Waals surface area (Å²) in [5.74, 6) is -2.01. The number of halogens is 1. The van der Waals surface area contributed by atoms with Crippen LogP contribution in [0.5, 0.6) is 0 Å². The van der Waals surface area contributed by atoms with Crippen LogP contribution in [0.3, 0.4) is 0 Å². The summed E-state index contributed by atoms with van der Waals surface area (Å²) >= 11 is 6.46. The number of nitrogens with zero attached hydrogens (tertiary/aromatic N) is 3. The first-order chi connectivity index (χ1) is 22.9. The smallest absolute Gasteiger partial charge is 0.410 e. The molecule has 9 heteroatoms. The van der Waals surface area contributed by atoms with E-state index in [4.69, 9.17) is 26.1 Å². The highest BCUT2D eigenvalue weighted by atomic mass is 35.5. The highest BCUT2D eigenvalue weighted by Gasteiger charge is 2.44. The number of amides is 2. The second kappa shape index (κ2) is 15.2. The third-order valence-electron chi connectivity index (χ3n) is 8.81. The molecule has 0 aliphatic carbocycles. The second-order valence-electron chi connectivity index (χ2n) is 13.4. The van der Waals surface area contributed by atoms with E-state index in [2.05, 4.69) is 24.3 Å². The fourth-order valence-corrected chi connectivity index (χ4v) is 6.76. The molecular formula is C39H44ClN3O5. The van der Waals surface area contributed by atoms with Gasteiger partial charge in [-0.2, -0.15) is 0 Å². The first-order valence-electron chi connectivity index (χ1n) is 16.5. The van der Waals surface area contributed by atoms with Gasteiger partial charge in [0.25, 0.3) is 0 Å². The van der Waals surface area contributed by atoms with Crippen LogP contribution in [0.4, 0.5) is 4.79 Å². The molecule has 2 aliphatic heterocycles. The maximum absolute atomic E-state index is 14.3. The van der Waals surface area contributed by atoms with Crippen LogP contribution in [-0.4, -0.2) is 71.9 Å². The highest BCUT2D eigenvalue weighted by molar-refractivity contribution is 6.30. The molecule has 2 aliphatic rings. The molecular weight excluding hydrogens is 626 g/mol. The zero-order valence-electron chi connectivity index (χ0n) is 28.3. The van der Waals surface area contributed by atoms with Crippen molar-refractivity contribution in [1.82, 2.24) is 9.80 Å². The first kappa shape index (κ1) is 34.9. The summed E-state index contributed by atoms with van der Waals surface area (Å²) < 4.78 is 11.6. The average molecular weight is 670 g/mol. The Bertz CT molecular complexity index is 1630. The quantitative estimate of drug-likeness (QED) is 0.230. The Kier molecular flexibility index (Phi) is 11.0. The number of carbonyl (C=O) groups excluding carboxylic acids is 3. The summed E-state index contributed by atoms with van der Waals surface area (Å²) in [5, 5.41) is 0.503. The Morgan fingerprint density at radius 2 is 1.44 bits per heavy atom. The maximum Gasteiger partial charge on any atom is 0.410 e. The molecule has 48 heavy (non-hydrogen) atoms. The number of hydrogen-bond donors (Lipinski definition) is 0. The minimum atomic E-state index is -0.746. The molecule has 2 heterocycles. The summed E-state index contributed by atoms with van der Waals surface area (Å²) in [4.78, 5) is 49.1. The second-order valence-corrected chi connectivity index (χ2v) is 13.8. The lowest BCUT2D eigenvalue weighted by Gasteiger charge is -2.39. The molecule has 2 unspecified atom stereocenters. The zero-order valence-corrected chi connectivity index (χ0v) is 29.1. The van der Waals surface area contributed by atoms with Gasteiger partial charge < -0.3 is 19.3 Å². The fraction of sp³-hybridized carbons (Fsp3) is 0.385. The topological polar surface area (TPSA) is 88.5 Å². The lowest BCUT2D eigenvalue weighted by molar-refractivity contribution is -0.140. The van der Waals surface area contributed by atoms with Crippen LogP contribution in [-0.2, 0) is 19.1 Å². The zero-order chi connectivity index (χ0) is 34.4. The van der Waals surface area contributed by atoms with Crippen LogP contribution in [0.25, 0.3) is 0 Å². The van der Waals surface area contributed by atoms with Crippen LogP contribution >= 0.6 is 11.6 Å². The summed E-state index contributed by atoms with van der Waals surface area (Å²) in [6, 6.07) is 27.6. The number of carbonyl (C=O) groups is 3. The van der Waals surface area contributed by atoms with Crippen LogP contribution in [0, 0.1) is 5.92 Å². The van der Waals surface area contributed by atoms with Crippen molar-refractivity contribution in [2.75, 3.05) is 32.8 Å². The number of allylic oxidation sites excluding steroid dienone is 1. The van der Waals surface area contributed by atoms with E-state index >= 15 is 0 Å². The number of benzene rings is 3. The van der Waals surface area contributed by atoms with Crippen molar-refractivity contribution < 1.29 is 23.9 Å². The largest absolute Gasteiger partial charge is 0.462 e. The van der Waals surface area contributed by atoms with Crippen molar-refractivity contribution in [2.45, 2.75) is 58.5 Å². The molecule has 1 fully saturated rings. The number of esters is 1. The van der Waals surface area contributed by atoms with E-state index in [1.807, 2.05) is 76.2 Å². The molecule has 252 valence electrons. The van der Waals surface area contributed by atoms with E-state index in [9.17, 15) is 14.4 Å². The van der Waals surface area contributed by atoms with E-state index < -0.39 is 29.5 Å². The molecule has 0 N–H and O–H groups in total. The normalized spacial score (nSPS) is 18.4. The van der Waals surface area contributed by atoms with Crippen LogP contribution in [0.2, 0.25) is 5.02 Å².